The standard InChI is InChI=1S/C21H24N2O4/c1-3-16-9-11-17(12-10-16)15(2)23-19(24)14-27-20(25)13-22-21(26)18-7-5-4-6-8-18/h4-12,15H,3,13-14H2,1-2H3,(H,22,26)(H,23,24). The molecule has 0 aliphatic carbocycles. The van der Waals surface area contributed by atoms with Crippen molar-refractivity contribution in [1.82, 2.24) is 10.6 Å². The van der Waals surface area contributed by atoms with Crippen LogP contribution in [-0.2, 0) is 20.7 Å². The lowest BCUT2D eigenvalue weighted by molar-refractivity contribution is -0.147. The molecule has 2 N–H and O–H groups in total. The van der Waals surface area contributed by atoms with Gasteiger partial charge < -0.3 is 15.4 Å². The fraction of sp³-hybridized carbons (Fsp3) is 0.286. The number of hydrogen-bond donors (Lipinski definition) is 2. The van der Waals surface area contributed by atoms with E-state index in [0.717, 1.165) is 12.0 Å². The van der Waals surface area contributed by atoms with Crippen molar-refractivity contribution in [1.29, 1.82) is 0 Å². The Morgan fingerprint density at radius 3 is 2.30 bits per heavy atom. The van der Waals surface area contributed by atoms with Crippen molar-refractivity contribution in [2.24, 2.45) is 0 Å². The van der Waals surface area contributed by atoms with Crippen LogP contribution in [0.25, 0.3) is 0 Å². The maximum atomic E-state index is 11.9. The van der Waals surface area contributed by atoms with Gasteiger partial charge in [-0.1, -0.05) is 49.4 Å². The van der Waals surface area contributed by atoms with E-state index in [1.807, 2.05) is 31.2 Å². The second kappa shape index (κ2) is 10.1. The van der Waals surface area contributed by atoms with Gasteiger partial charge in [-0.25, -0.2) is 0 Å². The number of nitrogens with one attached hydrogen (secondary N) is 2. The SMILES string of the molecule is CCc1ccc(C(C)NC(=O)COC(=O)CNC(=O)c2ccccc2)cc1. The van der Waals surface area contributed by atoms with Crippen LogP contribution in [0.3, 0.4) is 0 Å². The minimum atomic E-state index is -0.672. The Bertz CT molecular complexity index is 773. The highest BCUT2D eigenvalue weighted by molar-refractivity contribution is 5.96. The number of carbonyl (C=O) groups is 3. The number of esters is 1. The molecule has 0 aliphatic heterocycles. The molecule has 2 aromatic carbocycles. The summed E-state index contributed by atoms with van der Waals surface area (Å²) in [4.78, 5) is 35.5. The smallest absolute Gasteiger partial charge is 0.325 e. The maximum absolute atomic E-state index is 11.9. The van der Waals surface area contributed by atoms with E-state index in [-0.39, 0.29) is 18.5 Å². The zero-order valence-corrected chi connectivity index (χ0v) is 15.5. The Labute approximate surface area is 158 Å². The summed E-state index contributed by atoms with van der Waals surface area (Å²) in [6, 6.07) is 16.3. The minimum Gasteiger partial charge on any atom is -0.454 e. The van der Waals surface area contributed by atoms with E-state index in [1.54, 1.807) is 30.3 Å². The van der Waals surface area contributed by atoms with Gasteiger partial charge in [-0.15, -0.1) is 0 Å². The Balaban J connectivity index is 1.71. The molecular formula is C21H24N2O4. The summed E-state index contributed by atoms with van der Waals surface area (Å²) in [5, 5.41) is 5.23. The molecule has 0 spiro atoms. The van der Waals surface area contributed by atoms with Crippen LogP contribution in [0.4, 0.5) is 0 Å². The van der Waals surface area contributed by atoms with E-state index in [0.29, 0.717) is 5.56 Å². The average molecular weight is 368 g/mol. The molecule has 1 unspecified atom stereocenters. The zero-order valence-electron chi connectivity index (χ0n) is 15.5. The van der Waals surface area contributed by atoms with Crippen LogP contribution in [0.5, 0.6) is 0 Å². The molecule has 6 heteroatoms. The van der Waals surface area contributed by atoms with Gasteiger partial charge in [0, 0.05) is 5.56 Å². The van der Waals surface area contributed by atoms with E-state index in [4.69, 9.17) is 4.74 Å². The molecule has 27 heavy (non-hydrogen) atoms. The lowest BCUT2D eigenvalue weighted by atomic mass is 10.1. The van der Waals surface area contributed by atoms with Crippen molar-refractivity contribution in [2.75, 3.05) is 13.2 Å². The Hall–Kier alpha value is -3.15. The highest BCUT2D eigenvalue weighted by Gasteiger charge is 2.13. The minimum absolute atomic E-state index is 0.195. The average Bonchev–Trinajstić information content (AvgIpc) is 2.71. The largest absolute Gasteiger partial charge is 0.454 e. The molecule has 0 fully saturated rings. The number of carbonyl (C=O) groups excluding carboxylic acids is 3. The lowest BCUT2D eigenvalue weighted by Gasteiger charge is -2.15. The molecule has 0 radical (unpaired) electrons. The van der Waals surface area contributed by atoms with Gasteiger partial charge >= 0.3 is 5.97 Å². The Morgan fingerprint density at radius 2 is 1.67 bits per heavy atom. The number of ether oxygens (including phenoxy) is 1. The van der Waals surface area contributed by atoms with Crippen molar-refractivity contribution in [3.63, 3.8) is 0 Å². The van der Waals surface area contributed by atoms with E-state index in [9.17, 15) is 14.4 Å². The van der Waals surface area contributed by atoms with Gasteiger partial charge in [0.25, 0.3) is 11.8 Å². The van der Waals surface area contributed by atoms with Gasteiger partial charge in [-0.2, -0.15) is 0 Å². The molecule has 0 bridgehead atoms. The van der Waals surface area contributed by atoms with Gasteiger partial charge in [-0.3, -0.25) is 14.4 Å². The Kier molecular flexibility index (Phi) is 7.55. The normalized spacial score (nSPS) is 11.3. The summed E-state index contributed by atoms with van der Waals surface area (Å²) in [5.41, 5.74) is 2.65. The van der Waals surface area contributed by atoms with Crippen molar-refractivity contribution in [2.45, 2.75) is 26.3 Å². The van der Waals surface area contributed by atoms with Crippen LogP contribution in [0.15, 0.2) is 54.6 Å². The highest BCUT2D eigenvalue weighted by atomic mass is 16.5. The first-order valence-corrected chi connectivity index (χ1v) is 8.86. The third-order valence-corrected chi connectivity index (χ3v) is 4.06. The second-order valence-corrected chi connectivity index (χ2v) is 6.09. The molecule has 0 aromatic heterocycles. The summed E-state index contributed by atoms with van der Waals surface area (Å²) in [5.74, 6) is -1.44. The zero-order chi connectivity index (χ0) is 19.6. The number of amides is 2. The van der Waals surface area contributed by atoms with E-state index >= 15 is 0 Å². The summed E-state index contributed by atoms with van der Waals surface area (Å²) in [6.45, 7) is 3.25. The summed E-state index contributed by atoms with van der Waals surface area (Å²) in [7, 11) is 0. The van der Waals surface area contributed by atoms with Crippen LogP contribution in [0.1, 0.15) is 41.4 Å². The number of aryl methyl sites for hydroxylation is 1. The van der Waals surface area contributed by atoms with Crippen LogP contribution in [0, 0.1) is 0 Å². The number of hydrogen-bond acceptors (Lipinski definition) is 4. The van der Waals surface area contributed by atoms with Crippen molar-refractivity contribution < 1.29 is 19.1 Å². The summed E-state index contributed by atoms with van der Waals surface area (Å²) in [6.07, 6.45) is 0.956. The van der Waals surface area contributed by atoms with Crippen LogP contribution in [0.2, 0.25) is 0 Å². The maximum Gasteiger partial charge on any atom is 0.325 e. The van der Waals surface area contributed by atoms with Crippen molar-refractivity contribution in [3.8, 4) is 0 Å². The molecule has 2 amide bonds. The third-order valence-electron chi connectivity index (χ3n) is 4.06. The quantitative estimate of drug-likeness (QED) is 0.701. The molecule has 0 aliphatic rings. The first-order valence-electron chi connectivity index (χ1n) is 8.86. The topological polar surface area (TPSA) is 84.5 Å². The fourth-order valence-corrected chi connectivity index (χ4v) is 2.45. The molecular weight excluding hydrogens is 344 g/mol. The van der Waals surface area contributed by atoms with Crippen LogP contribution < -0.4 is 10.6 Å². The summed E-state index contributed by atoms with van der Waals surface area (Å²) < 4.78 is 4.90. The molecule has 0 saturated carbocycles. The van der Waals surface area contributed by atoms with Gasteiger partial charge in [-0.05, 0) is 36.6 Å². The molecule has 6 nitrogen and oxygen atoms in total. The monoisotopic (exact) mass is 368 g/mol. The van der Waals surface area contributed by atoms with E-state index in [1.165, 1.54) is 5.56 Å². The number of rotatable bonds is 8. The molecule has 0 saturated heterocycles. The lowest BCUT2D eigenvalue weighted by Crippen LogP contribution is -2.34. The molecule has 2 rings (SSSR count). The molecule has 0 heterocycles. The first kappa shape index (κ1) is 20.2. The molecule has 142 valence electrons. The van der Waals surface area contributed by atoms with Crippen LogP contribution >= 0.6 is 0 Å². The van der Waals surface area contributed by atoms with Crippen molar-refractivity contribution >= 4 is 17.8 Å². The van der Waals surface area contributed by atoms with Gasteiger partial charge in [0.2, 0.25) is 0 Å². The highest BCUT2D eigenvalue weighted by Crippen LogP contribution is 2.13. The Morgan fingerprint density at radius 1 is 1.00 bits per heavy atom. The number of benzene rings is 2. The van der Waals surface area contributed by atoms with Gasteiger partial charge in [0.05, 0.1) is 6.04 Å². The summed E-state index contributed by atoms with van der Waals surface area (Å²) >= 11 is 0. The first-order chi connectivity index (χ1) is 13.0. The fourth-order valence-electron chi connectivity index (χ4n) is 2.45. The van der Waals surface area contributed by atoms with E-state index in [2.05, 4.69) is 17.6 Å². The van der Waals surface area contributed by atoms with Gasteiger partial charge in [0.15, 0.2) is 6.61 Å². The predicted molar refractivity (Wildman–Crippen MR) is 102 cm³/mol. The second-order valence-electron chi connectivity index (χ2n) is 6.09. The van der Waals surface area contributed by atoms with Crippen molar-refractivity contribution in [3.05, 3.63) is 71.3 Å². The van der Waals surface area contributed by atoms with Crippen LogP contribution in [-0.4, -0.2) is 30.9 Å². The molecule has 2 aromatic rings. The molecule has 1 atom stereocenters. The van der Waals surface area contributed by atoms with E-state index < -0.39 is 18.5 Å². The van der Waals surface area contributed by atoms with Gasteiger partial charge in [0.1, 0.15) is 6.54 Å². The predicted octanol–water partition coefficient (Wildman–Crippen LogP) is 2.40. The third kappa shape index (κ3) is 6.58.